The average Bonchev–Trinajstić information content (AvgIpc) is 3.20. The van der Waals surface area contributed by atoms with Gasteiger partial charge in [-0.3, -0.25) is 9.48 Å². The summed E-state index contributed by atoms with van der Waals surface area (Å²) >= 11 is 6.28. The van der Waals surface area contributed by atoms with Crippen molar-refractivity contribution in [1.29, 1.82) is 0 Å². The SMILES string of the molecule is CC(C(=O)NCCCN(C)C1CCCCC1)n1nc(-c2ccccc2)c2cc(Cl)ccc21. The first kappa shape index (κ1) is 22.8. The van der Waals surface area contributed by atoms with Gasteiger partial charge in [-0.25, -0.2) is 0 Å². The maximum absolute atomic E-state index is 12.9. The van der Waals surface area contributed by atoms with Crippen LogP contribution in [0.3, 0.4) is 0 Å². The van der Waals surface area contributed by atoms with E-state index in [1.807, 2.05) is 60.1 Å². The summed E-state index contributed by atoms with van der Waals surface area (Å²) in [5, 5.41) is 9.56. The first-order valence-corrected chi connectivity index (χ1v) is 12.1. The fourth-order valence-electron chi connectivity index (χ4n) is 4.72. The molecule has 1 atom stereocenters. The standard InChI is InChI=1S/C26H33ClN4O/c1-19(26(32)28-16-9-17-30(2)22-12-7-4-8-13-22)31-24-15-14-21(27)18-23(24)25(29-31)20-10-5-3-6-11-20/h3,5-6,10-11,14-15,18-19,22H,4,7-9,12-13,16-17H2,1-2H3,(H,28,32). The predicted octanol–water partition coefficient (Wildman–Crippen LogP) is 5.69. The molecule has 0 radical (unpaired) electrons. The molecule has 5 nitrogen and oxygen atoms in total. The maximum Gasteiger partial charge on any atom is 0.244 e. The van der Waals surface area contributed by atoms with Gasteiger partial charge >= 0.3 is 0 Å². The van der Waals surface area contributed by atoms with Crippen LogP contribution in [0.1, 0.15) is 51.5 Å². The third kappa shape index (κ3) is 5.16. The molecular formula is C26H33ClN4O. The van der Waals surface area contributed by atoms with Gasteiger partial charge in [-0.05, 0) is 58.0 Å². The molecule has 0 aliphatic heterocycles. The van der Waals surface area contributed by atoms with Gasteiger partial charge in [0.15, 0.2) is 0 Å². The number of nitrogens with zero attached hydrogens (tertiary/aromatic N) is 3. The Morgan fingerprint density at radius 1 is 1.19 bits per heavy atom. The Hall–Kier alpha value is -2.37. The number of amides is 1. The molecule has 1 aromatic heterocycles. The molecule has 0 spiro atoms. The molecule has 170 valence electrons. The molecule has 3 aromatic rings. The lowest BCUT2D eigenvalue weighted by Crippen LogP contribution is -2.37. The van der Waals surface area contributed by atoms with Gasteiger partial charge in [-0.1, -0.05) is 61.2 Å². The molecule has 1 N–H and O–H groups in total. The highest BCUT2D eigenvalue weighted by molar-refractivity contribution is 6.31. The Morgan fingerprint density at radius 3 is 2.69 bits per heavy atom. The van der Waals surface area contributed by atoms with Gasteiger partial charge in [0.25, 0.3) is 0 Å². The van der Waals surface area contributed by atoms with Crippen molar-refractivity contribution in [3.05, 3.63) is 53.6 Å². The van der Waals surface area contributed by atoms with E-state index < -0.39 is 6.04 Å². The number of benzene rings is 2. The number of nitrogens with one attached hydrogen (secondary N) is 1. The van der Waals surface area contributed by atoms with Crippen LogP contribution >= 0.6 is 11.6 Å². The number of carbonyl (C=O) groups excluding carboxylic acids is 1. The van der Waals surface area contributed by atoms with Crippen LogP contribution in [0.2, 0.25) is 5.02 Å². The summed E-state index contributed by atoms with van der Waals surface area (Å²) in [6, 6.07) is 16.0. The maximum atomic E-state index is 12.9. The minimum Gasteiger partial charge on any atom is -0.354 e. The summed E-state index contributed by atoms with van der Waals surface area (Å²) in [7, 11) is 2.21. The van der Waals surface area contributed by atoms with E-state index in [0.717, 1.165) is 35.1 Å². The van der Waals surface area contributed by atoms with Crippen LogP contribution in [0.15, 0.2) is 48.5 Å². The van der Waals surface area contributed by atoms with Crippen LogP contribution < -0.4 is 5.32 Å². The minimum atomic E-state index is -0.410. The lowest BCUT2D eigenvalue weighted by Gasteiger charge is -2.31. The molecule has 1 fully saturated rings. The smallest absolute Gasteiger partial charge is 0.244 e. The van der Waals surface area contributed by atoms with Gasteiger partial charge in [0.2, 0.25) is 5.91 Å². The van der Waals surface area contributed by atoms with Crippen molar-refractivity contribution in [1.82, 2.24) is 20.0 Å². The van der Waals surface area contributed by atoms with Crippen LogP contribution in [0.25, 0.3) is 22.2 Å². The highest BCUT2D eigenvalue weighted by atomic mass is 35.5. The largest absolute Gasteiger partial charge is 0.354 e. The fraction of sp³-hybridized carbons (Fsp3) is 0.462. The molecule has 4 rings (SSSR count). The zero-order valence-corrected chi connectivity index (χ0v) is 19.8. The zero-order valence-electron chi connectivity index (χ0n) is 19.1. The van der Waals surface area contributed by atoms with Crippen LogP contribution in [0.4, 0.5) is 0 Å². The number of rotatable bonds is 8. The van der Waals surface area contributed by atoms with Gasteiger partial charge in [-0.15, -0.1) is 0 Å². The first-order chi connectivity index (χ1) is 15.5. The van der Waals surface area contributed by atoms with Gasteiger partial charge in [0.1, 0.15) is 11.7 Å². The zero-order chi connectivity index (χ0) is 22.5. The number of hydrogen-bond donors (Lipinski definition) is 1. The van der Waals surface area contributed by atoms with Gasteiger partial charge in [0.05, 0.1) is 5.52 Å². The lowest BCUT2D eigenvalue weighted by molar-refractivity contribution is -0.124. The van der Waals surface area contributed by atoms with E-state index in [2.05, 4.69) is 17.3 Å². The summed E-state index contributed by atoms with van der Waals surface area (Å²) < 4.78 is 1.82. The summed E-state index contributed by atoms with van der Waals surface area (Å²) in [5.41, 5.74) is 2.77. The van der Waals surface area contributed by atoms with E-state index in [0.29, 0.717) is 17.6 Å². The van der Waals surface area contributed by atoms with E-state index in [1.165, 1.54) is 32.1 Å². The van der Waals surface area contributed by atoms with Crippen molar-refractivity contribution in [3.63, 3.8) is 0 Å². The van der Waals surface area contributed by atoms with Crippen LogP contribution in [0.5, 0.6) is 0 Å². The van der Waals surface area contributed by atoms with E-state index in [4.69, 9.17) is 16.7 Å². The fourth-order valence-corrected chi connectivity index (χ4v) is 4.89. The monoisotopic (exact) mass is 452 g/mol. The summed E-state index contributed by atoms with van der Waals surface area (Å²) in [4.78, 5) is 15.4. The van der Waals surface area contributed by atoms with Crippen molar-refractivity contribution in [2.75, 3.05) is 20.1 Å². The summed E-state index contributed by atoms with van der Waals surface area (Å²) in [5.74, 6) is -0.00992. The van der Waals surface area contributed by atoms with E-state index >= 15 is 0 Å². The van der Waals surface area contributed by atoms with Crippen molar-refractivity contribution < 1.29 is 4.79 Å². The Balaban J connectivity index is 1.42. The molecule has 1 saturated carbocycles. The van der Waals surface area contributed by atoms with Crippen molar-refractivity contribution in [2.45, 2.75) is 57.5 Å². The molecule has 1 amide bonds. The highest BCUT2D eigenvalue weighted by Crippen LogP contribution is 2.31. The second kappa shape index (κ2) is 10.5. The van der Waals surface area contributed by atoms with Gasteiger partial charge in [-0.2, -0.15) is 5.10 Å². The topological polar surface area (TPSA) is 50.2 Å². The third-order valence-electron chi connectivity index (χ3n) is 6.65. The molecule has 1 unspecified atom stereocenters. The number of aromatic nitrogens is 2. The predicted molar refractivity (Wildman–Crippen MR) is 132 cm³/mol. The second-order valence-corrected chi connectivity index (χ2v) is 9.35. The lowest BCUT2D eigenvalue weighted by atomic mass is 9.94. The van der Waals surface area contributed by atoms with Crippen LogP contribution in [-0.4, -0.2) is 46.8 Å². The molecule has 0 bridgehead atoms. The van der Waals surface area contributed by atoms with Crippen LogP contribution in [0, 0.1) is 0 Å². The van der Waals surface area contributed by atoms with E-state index in [-0.39, 0.29) is 5.91 Å². The Bertz CT molecular complexity index is 1040. The second-order valence-electron chi connectivity index (χ2n) is 8.91. The first-order valence-electron chi connectivity index (χ1n) is 11.8. The molecule has 32 heavy (non-hydrogen) atoms. The number of halogens is 1. The van der Waals surface area contributed by atoms with Gasteiger partial charge < -0.3 is 10.2 Å². The molecule has 6 heteroatoms. The number of fused-ring (bicyclic) bond motifs is 1. The van der Waals surface area contributed by atoms with Crippen molar-refractivity contribution >= 4 is 28.4 Å². The molecule has 1 aliphatic carbocycles. The average molecular weight is 453 g/mol. The van der Waals surface area contributed by atoms with Gasteiger partial charge in [0, 0.05) is 28.6 Å². The summed E-state index contributed by atoms with van der Waals surface area (Å²) in [6.45, 7) is 3.59. The molecule has 0 saturated heterocycles. The van der Waals surface area contributed by atoms with Crippen molar-refractivity contribution in [3.8, 4) is 11.3 Å². The minimum absolute atomic E-state index is 0.00992. The van der Waals surface area contributed by atoms with Crippen molar-refractivity contribution in [2.24, 2.45) is 0 Å². The molecule has 2 aromatic carbocycles. The normalized spacial score (nSPS) is 15.9. The molecule has 1 aliphatic rings. The quantitative estimate of drug-likeness (QED) is 0.447. The third-order valence-corrected chi connectivity index (χ3v) is 6.88. The number of hydrogen-bond acceptors (Lipinski definition) is 3. The Kier molecular flexibility index (Phi) is 7.48. The molecule has 1 heterocycles. The summed E-state index contributed by atoms with van der Waals surface area (Å²) in [6.07, 6.45) is 7.63. The van der Waals surface area contributed by atoms with E-state index in [1.54, 1.807) is 0 Å². The Labute approximate surface area is 195 Å². The Morgan fingerprint density at radius 2 is 1.94 bits per heavy atom. The van der Waals surface area contributed by atoms with E-state index in [9.17, 15) is 4.79 Å². The number of carbonyl (C=O) groups is 1. The van der Waals surface area contributed by atoms with Crippen LogP contribution in [-0.2, 0) is 4.79 Å². The molecular weight excluding hydrogens is 420 g/mol. The highest BCUT2D eigenvalue weighted by Gasteiger charge is 2.22.